The van der Waals surface area contributed by atoms with Gasteiger partial charge >= 0.3 is 0 Å². The highest BCUT2D eigenvalue weighted by atomic mass is 79.9. The number of carbonyl (C=O) groups is 1. The monoisotopic (exact) mass is 465 g/mol. The lowest BCUT2D eigenvalue weighted by molar-refractivity contribution is -0.119. The number of hydrogen-bond acceptors (Lipinski definition) is 5. The van der Waals surface area contributed by atoms with Crippen molar-refractivity contribution in [3.63, 3.8) is 0 Å². The smallest absolute Gasteiger partial charge is 0.230 e. The topological polar surface area (TPSA) is 87.0 Å². The third kappa shape index (κ3) is 3.76. The summed E-state index contributed by atoms with van der Waals surface area (Å²) in [5.41, 5.74) is 2.54. The number of benzene rings is 1. The Kier molecular flexibility index (Phi) is 5.10. The van der Waals surface area contributed by atoms with Crippen LogP contribution in [0.3, 0.4) is 0 Å². The molecule has 1 aliphatic rings. The Hall–Kier alpha value is -2.97. The van der Waals surface area contributed by atoms with Gasteiger partial charge in [-0.15, -0.1) is 0 Å². The molecular formula is C22H20BrN5O2. The van der Waals surface area contributed by atoms with Crippen molar-refractivity contribution in [3.8, 4) is 11.5 Å². The summed E-state index contributed by atoms with van der Waals surface area (Å²) in [5.74, 6) is 1.09. The predicted molar refractivity (Wildman–Crippen MR) is 118 cm³/mol. The van der Waals surface area contributed by atoms with Gasteiger partial charge < -0.3 is 9.73 Å². The van der Waals surface area contributed by atoms with Gasteiger partial charge in [0, 0.05) is 17.6 Å². The van der Waals surface area contributed by atoms with Crippen molar-refractivity contribution in [1.29, 1.82) is 0 Å². The van der Waals surface area contributed by atoms with E-state index in [1.54, 1.807) is 6.26 Å². The standard InChI is InChI=1S/C22H20BrN5O2/c23-17-11-16-20(24-19(17)18-7-4-10-30-18)26-27-21(16)25-22(29)15-8-9-28(13-15)12-14-5-2-1-3-6-14/h1-7,10-11,15H,8-9,12-13H2,(H2,24,25,26,27,29)/t15-/m0/s1. The van der Waals surface area contributed by atoms with Gasteiger partial charge in [-0.1, -0.05) is 30.3 Å². The fourth-order valence-corrected chi connectivity index (χ4v) is 4.37. The van der Waals surface area contributed by atoms with E-state index < -0.39 is 0 Å². The van der Waals surface area contributed by atoms with Crippen LogP contribution in [0.2, 0.25) is 0 Å². The van der Waals surface area contributed by atoms with E-state index in [1.807, 2.05) is 36.4 Å². The lowest BCUT2D eigenvalue weighted by Crippen LogP contribution is -2.27. The molecule has 0 aliphatic carbocycles. The Balaban J connectivity index is 1.29. The average molecular weight is 466 g/mol. The highest BCUT2D eigenvalue weighted by Gasteiger charge is 2.29. The summed E-state index contributed by atoms with van der Waals surface area (Å²) in [5, 5.41) is 10.9. The molecule has 0 bridgehead atoms. The number of pyridine rings is 1. The van der Waals surface area contributed by atoms with E-state index in [4.69, 9.17) is 4.42 Å². The van der Waals surface area contributed by atoms with Gasteiger partial charge in [-0.25, -0.2) is 4.98 Å². The maximum absolute atomic E-state index is 12.9. The molecule has 0 spiro atoms. The number of anilines is 1. The number of hydrogen-bond donors (Lipinski definition) is 2. The lowest BCUT2D eigenvalue weighted by atomic mass is 10.1. The molecule has 1 fully saturated rings. The Morgan fingerprint density at radius 1 is 1.27 bits per heavy atom. The van der Waals surface area contributed by atoms with Crippen molar-refractivity contribution >= 4 is 38.7 Å². The van der Waals surface area contributed by atoms with Crippen LogP contribution in [0.1, 0.15) is 12.0 Å². The zero-order valence-corrected chi connectivity index (χ0v) is 17.7. The number of carbonyl (C=O) groups excluding carboxylic acids is 1. The predicted octanol–water partition coefficient (Wildman–Crippen LogP) is 4.44. The van der Waals surface area contributed by atoms with Gasteiger partial charge in [0.1, 0.15) is 5.69 Å². The summed E-state index contributed by atoms with van der Waals surface area (Å²) < 4.78 is 6.21. The number of nitrogens with zero attached hydrogens (tertiary/aromatic N) is 3. The largest absolute Gasteiger partial charge is 0.463 e. The van der Waals surface area contributed by atoms with Gasteiger partial charge in [-0.3, -0.25) is 14.8 Å². The number of furan rings is 1. The van der Waals surface area contributed by atoms with Crippen molar-refractivity contribution in [2.75, 3.05) is 18.4 Å². The van der Waals surface area contributed by atoms with E-state index in [1.165, 1.54) is 5.56 Å². The highest BCUT2D eigenvalue weighted by molar-refractivity contribution is 9.10. The molecular weight excluding hydrogens is 446 g/mol. The minimum atomic E-state index is -0.0562. The SMILES string of the molecule is O=C(Nc1n[nH]c2nc(-c3ccco3)c(Br)cc12)[C@H]1CCN(Cc2ccccc2)C1. The number of fused-ring (bicyclic) bond motifs is 1. The summed E-state index contributed by atoms with van der Waals surface area (Å²) in [7, 11) is 0. The number of amides is 1. The number of nitrogens with one attached hydrogen (secondary N) is 2. The first-order valence-corrected chi connectivity index (χ1v) is 10.6. The number of aromatic nitrogens is 3. The van der Waals surface area contributed by atoms with Gasteiger partial charge in [0.2, 0.25) is 5.91 Å². The van der Waals surface area contributed by atoms with E-state index in [9.17, 15) is 4.79 Å². The van der Waals surface area contributed by atoms with Crippen molar-refractivity contribution in [2.45, 2.75) is 13.0 Å². The van der Waals surface area contributed by atoms with E-state index in [0.717, 1.165) is 35.9 Å². The van der Waals surface area contributed by atoms with Crippen LogP contribution in [-0.4, -0.2) is 39.1 Å². The van der Waals surface area contributed by atoms with Crippen LogP contribution in [0.5, 0.6) is 0 Å². The van der Waals surface area contributed by atoms with Gasteiger partial charge in [0.25, 0.3) is 0 Å². The molecule has 1 amide bonds. The molecule has 4 aromatic rings. The van der Waals surface area contributed by atoms with Gasteiger partial charge in [0.05, 0.1) is 17.6 Å². The fraction of sp³-hybridized carbons (Fsp3) is 0.227. The number of halogens is 1. The van der Waals surface area contributed by atoms with Crippen molar-refractivity contribution < 1.29 is 9.21 Å². The number of H-pyrrole nitrogens is 1. The second kappa shape index (κ2) is 8.04. The third-order valence-electron chi connectivity index (χ3n) is 5.39. The molecule has 152 valence electrons. The van der Waals surface area contributed by atoms with Gasteiger partial charge in [-0.05, 0) is 52.7 Å². The average Bonchev–Trinajstić information content (AvgIpc) is 3.50. The first-order chi connectivity index (χ1) is 14.7. The second-order valence-corrected chi connectivity index (χ2v) is 8.31. The van der Waals surface area contributed by atoms with Crippen LogP contribution in [-0.2, 0) is 11.3 Å². The molecule has 0 saturated carbocycles. The molecule has 2 N–H and O–H groups in total. The summed E-state index contributed by atoms with van der Waals surface area (Å²) in [6, 6.07) is 15.9. The number of rotatable bonds is 5. The lowest BCUT2D eigenvalue weighted by Gasteiger charge is -2.15. The van der Waals surface area contributed by atoms with Crippen LogP contribution >= 0.6 is 15.9 Å². The first-order valence-electron chi connectivity index (χ1n) is 9.83. The fourth-order valence-electron chi connectivity index (χ4n) is 3.86. The van der Waals surface area contributed by atoms with E-state index in [2.05, 4.69) is 53.5 Å². The Bertz CT molecular complexity index is 1170. The summed E-state index contributed by atoms with van der Waals surface area (Å²) in [6.45, 7) is 2.52. The molecule has 0 unspecified atom stereocenters. The minimum Gasteiger partial charge on any atom is -0.463 e. The van der Waals surface area contributed by atoms with Gasteiger partial charge in [0.15, 0.2) is 17.2 Å². The third-order valence-corrected chi connectivity index (χ3v) is 6.00. The van der Waals surface area contributed by atoms with Crippen LogP contribution < -0.4 is 5.32 Å². The van der Waals surface area contributed by atoms with Crippen LogP contribution in [0.4, 0.5) is 5.82 Å². The van der Waals surface area contributed by atoms with E-state index in [-0.39, 0.29) is 11.8 Å². The minimum absolute atomic E-state index is 0.00908. The molecule has 4 heterocycles. The number of aromatic amines is 1. The Morgan fingerprint density at radius 3 is 2.93 bits per heavy atom. The quantitative estimate of drug-likeness (QED) is 0.454. The molecule has 7 nitrogen and oxygen atoms in total. The van der Waals surface area contributed by atoms with Crippen LogP contribution in [0.15, 0.2) is 63.7 Å². The highest BCUT2D eigenvalue weighted by Crippen LogP contribution is 2.32. The molecule has 1 aromatic carbocycles. The first kappa shape index (κ1) is 19.0. The van der Waals surface area contributed by atoms with Gasteiger partial charge in [-0.2, -0.15) is 5.10 Å². The zero-order valence-electron chi connectivity index (χ0n) is 16.1. The van der Waals surface area contributed by atoms with Crippen LogP contribution in [0, 0.1) is 5.92 Å². The van der Waals surface area contributed by atoms with Crippen LogP contribution in [0.25, 0.3) is 22.5 Å². The molecule has 30 heavy (non-hydrogen) atoms. The number of likely N-dealkylation sites (tertiary alicyclic amines) is 1. The summed E-state index contributed by atoms with van der Waals surface area (Å²) >= 11 is 3.55. The maximum atomic E-state index is 12.9. The molecule has 1 saturated heterocycles. The molecule has 8 heteroatoms. The molecule has 1 atom stereocenters. The molecule has 5 rings (SSSR count). The maximum Gasteiger partial charge on any atom is 0.230 e. The van der Waals surface area contributed by atoms with Crippen molar-refractivity contribution in [1.82, 2.24) is 20.1 Å². The summed E-state index contributed by atoms with van der Waals surface area (Å²) in [4.78, 5) is 19.8. The second-order valence-electron chi connectivity index (χ2n) is 7.46. The van der Waals surface area contributed by atoms with E-state index >= 15 is 0 Å². The molecule has 1 aliphatic heterocycles. The normalized spacial score (nSPS) is 16.9. The van der Waals surface area contributed by atoms with Crippen molar-refractivity contribution in [3.05, 3.63) is 64.8 Å². The molecule has 3 aromatic heterocycles. The Labute approximate surface area is 181 Å². The van der Waals surface area contributed by atoms with E-state index in [0.29, 0.717) is 22.9 Å². The summed E-state index contributed by atoms with van der Waals surface area (Å²) in [6.07, 6.45) is 2.44. The molecule has 0 radical (unpaired) electrons. The zero-order chi connectivity index (χ0) is 20.5. The van der Waals surface area contributed by atoms with Crippen molar-refractivity contribution in [2.24, 2.45) is 5.92 Å². The Morgan fingerprint density at radius 2 is 2.13 bits per heavy atom.